The van der Waals surface area contributed by atoms with Crippen LogP contribution in [0.1, 0.15) is 37.7 Å². The topological polar surface area (TPSA) is 52.7 Å². The van der Waals surface area contributed by atoms with E-state index in [2.05, 4.69) is 11.9 Å². The number of carbonyl (C=O) groups excluding carboxylic acids is 2. The molecular formula is C20H27N3O2. The summed E-state index contributed by atoms with van der Waals surface area (Å²) < 4.78 is 0. The van der Waals surface area contributed by atoms with Gasteiger partial charge >= 0.3 is 6.03 Å². The van der Waals surface area contributed by atoms with Crippen LogP contribution in [0.2, 0.25) is 0 Å². The fraction of sp³-hybridized carbons (Fsp3) is 0.500. The molecule has 2 fully saturated rings. The second-order valence-electron chi connectivity index (χ2n) is 7.20. The van der Waals surface area contributed by atoms with Gasteiger partial charge in [-0.1, -0.05) is 18.2 Å². The van der Waals surface area contributed by atoms with Crippen molar-refractivity contribution >= 4 is 17.6 Å². The van der Waals surface area contributed by atoms with Crippen molar-refractivity contribution in [3.63, 3.8) is 0 Å². The summed E-state index contributed by atoms with van der Waals surface area (Å²) in [5.41, 5.74) is 1.70. The fourth-order valence-corrected chi connectivity index (χ4v) is 4.16. The highest BCUT2D eigenvalue weighted by molar-refractivity contribution is 5.89. The molecule has 2 aliphatic heterocycles. The van der Waals surface area contributed by atoms with Crippen molar-refractivity contribution in [2.45, 2.75) is 44.6 Å². The number of aryl methyl sites for hydroxylation is 1. The predicted molar refractivity (Wildman–Crippen MR) is 99.5 cm³/mol. The lowest BCUT2D eigenvalue weighted by atomic mass is 9.79. The third kappa shape index (κ3) is 3.70. The van der Waals surface area contributed by atoms with E-state index in [1.54, 1.807) is 6.08 Å². The van der Waals surface area contributed by atoms with E-state index in [-0.39, 0.29) is 17.5 Å². The third-order valence-electron chi connectivity index (χ3n) is 5.33. The molecule has 0 aliphatic carbocycles. The summed E-state index contributed by atoms with van der Waals surface area (Å²) in [7, 11) is 0. The second kappa shape index (κ2) is 7.30. The van der Waals surface area contributed by atoms with E-state index in [0.717, 1.165) is 43.5 Å². The number of amides is 3. The van der Waals surface area contributed by atoms with Gasteiger partial charge in [-0.05, 0) is 50.3 Å². The van der Waals surface area contributed by atoms with Crippen molar-refractivity contribution in [3.8, 4) is 0 Å². The van der Waals surface area contributed by atoms with Crippen molar-refractivity contribution in [2.24, 2.45) is 0 Å². The summed E-state index contributed by atoms with van der Waals surface area (Å²) in [5, 5.41) is 3.00. The number of hydrogen-bond donors (Lipinski definition) is 1. The molecule has 0 unspecified atom stereocenters. The monoisotopic (exact) mass is 341 g/mol. The average molecular weight is 341 g/mol. The van der Waals surface area contributed by atoms with Gasteiger partial charge in [-0.25, -0.2) is 4.79 Å². The van der Waals surface area contributed by atoms with Crippen LogP contribution in [0.3, 0.4) is 0 Å². The molecule has 1 aromatic carbocycles. The Labute approximate surface area is 149 Å². The van der Waals surface area contributed by atoms with Crippen LogP contribution in [-0.4, -0.2) is 46.9 Å². The Morgan fingerprint density at radius 3 is 2.92 bits per heavy atom. The summed E-state index contributed by atoms with van der Waals surface area (Å²) in [6, 6.07) is 7.73. The number of piperidine rings is 2. The molecule has 5 heteroatoms. The number of nitrogens with one attached hydrogen (secondary N) is 1. The maximum Gasteiger partial charge on any atom is 0.321 e. The normalized spacial score (nSPS) is 23.6. The maximum absolute atomic E-state index is 12.7. The molecule has 2 heterocycles. The third-order valence-corrected chi connectivity index (χ3v) is 5.33. The number of benzene rings is 1. The van der Waals surface area contributed by atoms with E-state index >= 15 is 0 Å². The Bertz CT molecular complexity index is 669. The van der Waals surface area contributed by atoms with Crippen LogP contribution in [0.5, 0.6) is 0 Å². The molecule has 1 atom stereocenters. The molecule has 0 saturated carbocycles. The molecule has 1 N–H and O–H groups in total. The van der Waals surface area contributed by atoms with Crippen molar-refractivity contribution in [2.75, 3.05) is 25.0 Å². The SMILES string of the molecule is C=CCN1C(=O)CCC[C@]12CCCN(C(=O)Nc1cccc(C)c1)C2. The minimum Gasteiger partial charge on any atom is -0.332 e. The standard InChI is InChI=1S/C20H27N3O2/c1-3-12-23-18(24)9-5-10-20(23)11-6-13-22(15-20)19(25)21-17-8-4-7-16(2)14-17/h3-4,7-8,14H,1,5-6,9-13,15H2,2H3,(H,21,25)/t20-/m1/s1. The Morgan fingerprint density at radius 1 is 1.36 bits per heavy atom. The van der Waals surface area contributed by atoms with E-state index in [0.29, 0.717) is 19.5 Å². The molecular weight excluding hydrogens is 314 g/mol. The van der Waals surface area contributed by atoms with Crippen LogP contribution in [0.4, 0.5) is 10.5 Å². The van der Waals surface area contributed by atoms with Crippen molar-refractivity contribution in [1.29, 1.82) is 0 Å². The van der Waals surface area contributed by atoms with Gasteiger partial charge in [0.15, 0.2) is 0 Å². The van der Waals surface area contributed by atoms with Crippen LogP contribution in [0.25, 0.3) is 0 Å². The highest BCUT2D eigenvalue weighted by Crippen LogP contribution is 2.36. The molecule has 25 heavy (non-hydrogen) atoms. The van der Waals surface area contributed by atoms with E-state index in [1.807, 2.05) is 41.0 Å². The first-order valence-corrected chi connectivity index (χ1v) is 9.08. The quantitative estimate of drug-likeness (QED) is 0.855. The van der Waals surface area contributed by atoms with Crippen LogP contribution in [0, 0.1) is 6.92 Å². The highest BCUT2D eigenvalue weighted by atomic mass is 16.2. The van der Waals surface area contributed by atoms with Gasteiger partial charge in [0.05, 0.1) is 5.54 Å². The van der Waals surface area contributed by atoms with E-state index in [9.17, 15) is 9.59 Å². The van der Waals surface area contributed by atoms with Crippen molar-refractivity contribution in [3.05, 3.63) is 42.5 Å². The summed E-state index contributed by atoms with van der Waals surface area (Å²) >= 11 is 0. The lowest BCUT2D eigenvalue weighted by molar-refractivity contribution is -0.143. The minimum atomic E-state index is -0.230. The molecule has 2 aliphatic rings. The molecule has 3 rings (SSSR count). The Balaban J connectivity index is 1.74. The van der Waals surface area contributed by atoms with Gasteiger partial charge in [0.2, 0.25) is 5.91 Å². The number of hydrogen-bond acceptors (Lipinski definition) is 2. The molecule has 1 aromatic rings. The molecule has 0 radical (unpaired) electrons. The van der Waals surface area contributed by atoms with Crippen LogP contribution >= 0.6 is 0 Å². The van der Waals surface area contributed by atoms with Gasteiger partial charge in [0.25, 0.3) is 0 Å². The number of carbonyl (C=O) groups is 2. The molecule has 3 amide bonds. The number of anilines is 1. The van der Waals surface area contributed by atoms with E-state index in [4.69, 9.17) is 0 Å². The largest absolute Gasteiger partial charge is 0.332 e. The Hall–Kier alpha value is -2.30. The van der Waals surface area contributed by atoms with Gasteiger partial charge < -0.3 is 15.1 Å². The van der Waals surface area contributed by atoms with Crippen molar-refractivity contribution in [1.82, 2.24) is 9.80 Å². The molecule has 0 bridgehead atoms. The highest BCUT2D eigenvalue weighted by Gasteiger charge is 2.45. The zero-order chi connectivity index (χ0) is 17.9. The zero-order valence-corrected chi connectivity index (χ0v) is 15.0. The molecule has 2 saturated heterocycles. The molecule has 5 nitrogen and oxygen atoms in total. The summed E-state index contributed by atoms with van der Waals surface area (Å²) in [6.45, 7) is 7.70. The lowest BCUT2D eigenvalue weighted by Crippen LogP contribution is -2.63. The lowest BCUT2D eigenvalue weighted by Gasteiger charge is -2.51. The Kier molecular flexibility index (Phi) is 5.11. The van der Waals surface area contributed by atoms with Gasteiger partial charge in [-0.3, -0.25) is 4.79 Å². The minimum absolute atomic E-state index is 0.0822. The Morgan fingerprint density at radius 2 is 2.16 bits per heavy atom. The van der Waals surface area contributed by atoms with Gasteiger partial charge in [0.1, 0.15) is 0 Å². The second-order valence-corrected chi connectivity index (χ2v) is 7.20. The summed E-state index contributed by atoms with van der Waals surface area (Å²) in [5.74, 6) is 0.187. The van der Waals surface area contributed by atoms with Gasteiger partial charge in [-0.15, -0.1) is 6.58 Å². The first-order chi connectivity index (χ1) is 12.0. The van der Waals surface area contributed by atoms with Crippen molar-refractivity contribution < 1.29 is 9.59 Å². The first-order valence-electron chi connectivity index (χ1n) is 9.08. The summed E-state index contributed by atoms with van der Waals surface area (Å²) in [6.07, 6.45) is 6.13. The maximum atomic E-state index is 12.7. The van der Waals surface area contributed by atoms with Gasteiger partial charge in [0, 0.05) is 31.7 Å². The predicted octanol–water partition coefficient (Wildman–Crippen LogP) is 3.56. The molecule has 0 aromatic heterocycles. The number of rotatable bonds is 3. The number of likely N-dealkylation sites (tertiary alicyclic amines) is 2. The number of nitrogens with zero attached hydrogens (tertiary/aromatic N) is 2. The first kappa shape index (κ1) is 17.5. The van der Waals surface area contributed by atoms with E-state index < -0.39 is 0 Å². The van der Waals surface area contributed by atoms with Gasteiger partial charge in [-0.2, -0.15) is 0 Å². The summed E-state index contributed by atoms with van der Waals surface area (Å²) in [4.78, 5) is 29.0. The van der Waals surface area contributed by atoms with Crippen LogP contribution in [0.15, 0.2) is 36.9 Å². The van der Waals surface area contributed by atoms with Crippen LogP contribution in [-0.2, 0) is 4.79 Å². The average Bonchev–Trinajstić information content (AvgIpc) is 2.59. The smallest absolute Gasteiger partial charge is 0.321 e. The fourth-order valence-electron chi connectivity index (χ4n) is 4.16. The van der Waals surface area contributed by atoms with E-state index in [1.165, 1.54) is 0 Å². The molecule has 1 spiro atoms. The van der Waals surface area contributed by atoms with Crippen LogP contribution < -0.4 is 5.32 Å². The molecule has 134 valence electrons. The zero-order valence-electron chi connectivity index (χ0n) is 15.0. The number of urea groups is 1.